The van der Waals surface area contributed by atoms with Crippen LogP contribution in [0.3, 0.4) is 0 Å². The molecule has 1 rings (SSSR count). The van der Waals surface area contributed by atoms with E-state index >= 15 is 0 Å². The summed E-state index contributed by atoms with van der Waals surface area (Å²) in [7, 11) is 4.33. The Hall–Kier alpha value is -0.0800. The van der Waals surface area contributed by atoms with Crippen LogP contribution in [-0.2, 0) is 0 Å². The summed E-state index contributed by atoms with van der Waals surface area (Å²) in [6.45, 7) is 5.72. The maximum atomic E-state index is 3.64. The molecule has 0 radical (unpaired) electrons. The molecule has 1 aliphatic rings. The van der Waals surface area contributed by atoms with E-state index in [9.17, 15) is 0 Å². The Kier molecular flexibility index (Phi) is 4.20. The molecule has 0 bridgehead atoms. The topological polar surface area (TPSA) is 15.3 Å². The Labute approximate surface area is 82.7 Å². The highest BCUT2D eigenvalue weighted by Gasteiger charge is 2.27. The van der Waals surface area contributed by atoms with Gasteiger partial charge < -0.3 is 10.2 Å². The van der Waals surface area contributed by atoms with Crippen molar-refractivity contribution in [1.29, 1.82) is 0 Å². The molecular formula is C11H24N2. The van der Waals surface area contributed by atoms with E-state index in [1.807, 2.05) is 0 Å². The number of rotatable bonds is 6. The third-order valence-corrected chi connectivity index (χ3v) is 3.21. The van der Waals surface area contributed by atoms with E-state index < -0.39 is 0 Å². The van der Waals surface area contributed by atoms with Gasteiger partial charge in [0.2, 0.25) is 0 Å². The summed E-state index contributed by atoms with van der Waals surface area (Å²) in [5.74, 6) is 0.972. The molecule has 1 aliphatic carbocycles. The predicted molar refractivity (Wildman–Crippen MR) is 58.0 cm³/mol. The van der Waals surface area contributed by atoms with Crippen molar-refractivity contribution in [2.24, 2.45) is 5.92 Å². The highest BCUT2D eigenvalue weighted by Crippen LogP contribution is 2.32. The van der Waals surface area contributed by atoms with Crippen LogP contribution in [-0.4, -0.2) is 37.6 Å². The van der Waals surface area contributed by atoms with Gasteiger partial charge in [0, 0.05) is 18.6 Å². The van der Waals surface area contributed by atoms with Crippen molar-refractivity contribution >= 4 is 0 Å². The molecule has 13 heavy (non-hydrogen) atoms. The SMILES string of the molecule is CCC(CNC(C)C1CC1)N(C)C. The van der Waals surface area contributed by atoms with Crippen LogP contribution in [0.4, 0.5) is 0 Å². The summed E-state index contributed by atoms with van der Waals surface area (Å²) in [5, 5.41) is 3.64. The summed E-state index contributed by atoms with van der Waals surface area (Å²) < 4.78 is 0. The average molecular weight is 184 g/mol. The van der Waals surface area contributed by atoms with Gasteiger partial charge in [-0.3, -0.25) is 0 Å². The smallest absolute Gasteiger partial charge is 0.0212 e. The Morgan fingerprint density at radius 1 is 1.38 bits per heavy atom. The summed E-state index contributed by atoms with van der Waals surface area (Å²) in [6, 6.07) is 1.43. The van der Waals surface area contributed by atoms with E-state index in [0.717, 1.165) is 18.5 Å². The molecule has 1 saturated carbocycles. The van der Waals surface area contributed by atoms with Crippen LogP contribution in [0.15, 0.2) is 0 Å². The maximum absolute atomic E-state index is 3.64. The molecule has 2 atom stereocenters. The normalized spacial score (nSPS) is 21.9. The quantitative estimate of drug-likeness (QED) is 0.676. The molecule has 0 aromatic rings. The lowest BCUT2D eigenvalue weighted by Gasteiger charge is -2.25. The largest absolute Gasteiger partial charge is 0.312 e. The van der Waals surface area contributed by atoms with E-state index in [2.05, 4.69) is 38.2 Å². The van der Waals surface area contributed by atoms with E-state index in [0.29, 0.717) is 6.04 Å². The van der Waals surface area contributed by atoms with Crippen LogP contribution in [0, 0.1) is 5.92 Å². The zero-order valence-electron chi connectivity index (χ0n) is 9.51. The van der Waals surface area contributed by atoms with Crippen molar-refractivity contribution in [1.82, 2.24) is 10.2 Å². The van der Waals surface area contributed by atoms with Gasteiger partial charge in [0.15, 0.2) is 0 Å². The third-order valence-electron chi connectivity index (χ3n) is 3.21. The predicted octanol–water partition coefficient (Wildman–Crippen LogP) is 1.71. The van der Waals surface area contributed by atoms with Gasteiger partial charge in [0.1, 0.15) is 0 Å². The molecule has 0 aromatic carbocycles. The van der Waals surface area contributed by atoms with Crippen LogP contribution in [0.25, 0.3) is 0 Å². The average Bonchev–Trinajstić information content (AvgIpc) is 2.86. The van der Waals surface area contributed by atoms with E-state index in [4.69, 9.17) is 0 Å². The highest BCUT2D eigenvalue weighted by atomic mass is 15.1. The lowest BCUT2D eigenvalue weighted by Crippen LogP contribution is -2.41. The van der Waals surface area contributed by atoms with Crippen LogP contribution < -0.4 is 5.32 Å². The molecule has 0 amide bonds. The first-order valence-electron chi connectivity index (χ1n) is 5.55. The fourth-order valence-electron chi connectivity index (χ4n) is 1.78. The molecule has 0 saturated heterocycles. The van der Waals surface area contributed by atoms with Gasteiger partial charge in [-0.05, 0) is 46.2 Å². The first kappa shape index (κ1) is 11.0. The molecular weight excluding hydrogens is 160 g/mol. The standard InChI is InChI=1S/C11H24N2/c1-5-11(13(3)4)8-12-9(2)10-6-7-10/h9-12H,5-8H2,1-4H3. The highest BCUT2D eigenvalue weighted by molar-refractivity contribution is 4.84. The third kappa shape index (κ3) is 3.65. The second-order valence-corrected chi connectivity index (χ2v) is 4.56. The molecule has 2 nitrogen and oxygen atoms in total. The molecule has 0 aromatic heterocycles. The fraction of sp³-hybridized carbons (Fsp3) is 1.00. The van der Waals surface area contributed by atoms with Crippen LogP contribution >= 0.6 is 0 Å². The fourth-order valence-corrected chi connectivity index (χ4v) is 1.78. The number of nitrogens with one attached hydrogen (secondary N) is 1. The van der Waals surface area contributed by atoms with Gasteiger partial charge in [-0.15, -0.1) is 0 Å². The second-order valence-electron chi connectivity index (χ2n) is 4.56. The minimum atomic E-state index is 0.696. The van der Waals surface area contributed by atoms with Crippen molar-refractivity contribution in [2.75, 3.05) is 20.6 Å². The van der Waals surface area contributed by atoms with Gasteiger partial charge in [0.05, 0.1) is 0 Å². The molecule has 78 valence electrons. The summed E-state index contributed by atoms with van der Waals surface area (Å²) >= 11 is 0. The molecule has 2 heteroatoms. The minimum absolute atomic E-state index is 0.696. The molecule has 0 heterocycles. The second kappa shape index (κ2) is 4.97. The lowest BCUT2D eigenvalue weighted by molar-refractivity contribution is 0.266. The van der Waals surface area contributed by atoms with Crippen LogP contribution in [0.5, 0.6) is 0 Å². The number of hydrogen-bond donors (Lipinski definition) is 1. The first-order valence-corrected chi connectivity index (χ1v) is 5.55. The van der Waals surface area contributed by atoms with Gasteiger partial charge in [-0.25, -0.2) is 0 Å². The molecule has 0 spiro atoms. The summed E-state index contributed by atoms with van der Waals surface area (Å²) in [6.07, 6.45) is 4.11. The summed E-state index contributed by atoms with van der Waals surface area (Å²) in [4.78, 5) is 2.31. The Morgan fingerprint density at radius 3 is 2.38 bits per heavy atom. The van der Waals surface area contributed by atoms with Crippen LogP contribution in [0.1, 0.15) is 33.1 Å². The van der Waals surface area contributed by atoms with Crippen molar-refractivity contribution in [3.8, 4) is 0 Å². The minimum Gasteiger partial charge on any atom is -0.312 e. The number of nitrogens with zero attached hydrogens (tertiary/aromatic N) is 1. The Morgan fingerprint density at radius 2 is 2.00 bits per heavy atom. The van der Waals surface area contributed by atoms with E-state index in [1.54, 1.807) is 0 Å². The Bertz CT molecular complexity index is 141. The molecule has 1 fully saturated rings. The number of hydrogen-bond acceptors (Lipinski definition) is 2. The van der Waals surface area contributed by atoms with Gasteiger partial charge >= 0.3 is 0 Å². The zero-order chi connectivity index (χ0) is 9.84. The monoisotopic (exact) mass is 184 g/mol. The van der Waals surface area contributed by atoms with Crippen LogP contribution in [0.2, 0.25) is 0 Å². The first-order chi connectivity index (χ1) is 6.15. The zero-order valence-corrected chi connectivity index (χ0v) is 9.51. The van der Waals surface area contributed by atoms with E-state index in [-0.39, 0.29) is 0 Å². The van der Waals surface area contributed by atoms with Crippen molar-refractivity contribution in [3.05, 3.63) is 0 Å². The van der Waals surface area contributed by atoms with Crippen molar-refractivity contribution in [3.63, 3.8) is 0 Å². The van der Waals surface area contributed by atoms with Crippen molar-refractivity contribution in [2.45, 2.75) is 45.2 Å². The lowest BCUT2D eigenvalue weighted by atomic mass is 10.1. The van der Waals surface area contributed by atoms with Crippen molar-refractivity contribution < 1.29 is 0 Å². The maximum Gasteiger partial charge on any atom is 0.0212 e. The van der Waals surface area contributed by atoms with Gasteiger partial charge in [0.25, 0.3) is 0 Å². The number of likely N-dealkylation sites (N-methyl/N-ethyl adjacent to an activating group) is 1. The van der Waals surface area contributed by atoms with Gasteiger partial charge in [-0.2, -0.15) is 0 Å². The summed E-state index contributed by atoms with van der Waals surface area (Å²) in [5.41, 5.74) is 0. The van der Waals surface area contributed by atoms with Gasteiger partial charge in [-0.1, -0.05) is 6.92 Å². The molecule has 0 aliphatic heterocycles. The van der Waals surface area contributed by atoms with E-state index in [1.165, 1.54) is 19.3 Å². The Balaban J connectivity index is 2.14. The molecule has 1 N–H and O–H groups in total. The molecule has 2 unspecified atom stereocenters.